The number of nitrogens with zero attached hydrogens (tertiary/aromatic N) is 1. The third-order valence-electron chi connectivity index (χ3n) is 4.23. The van der Waals surface area contributed by atoms with Crippen LogP contribution in [-0.4, -0.2) is 28.6 Å². The van der Waals surface area contributed by atoms with Crippen molar-refractivity contribution in [3.05, 3.63) is 82.1 Å². The zero-order valence-electron chi connectivity index (χ0n) is 18.6. The van der Waals surface area contributed by atoms with Gasteiger partial charge in [0.05, 0.1) is 10.0 Å². The Kier molecular flexibility index (Phi) is 10.7. The number of aromatic hydroxyl groups is 1. The zero-order chi connectivity index (χ0) is 26.0. The van der Waals surface area contributed by atoms with Crippen LogP contribution in [0.1, 0.15) is 31.1 Å². The number of phenols is 1. The molecule has 0 saturated heterocycles. The highest BCUT2D eigenvalue weighted by atomic mass is 35.5. The van der Waals surface area contributed by atoms with Gasteiger partial charge < -0.3 is 19.3 Å². The molecule has 0 saturated carbocycles. The molecule has 1 unspecified atom stereocenters. The standard InChI is InChI=1S/C16H13Cl2F2NO4.C8H8O2/c1-8(22)24-15(5-10-11(17)6-21-7-12(10)18)9-2-3-14(13(23)4-9)25-16(19)20;1-7(9)10-8-5-3-2-4-6-8/h2-4,6-7,15-16,23H,5H2,1H3;2-6H,1H3. The molecule has 0 fully saturated rings. The average Bonchev–Trinajstić information content (AvgIpc) is 2.77. The van der Waals surface area contributed by atoms with E-state index in [2.05, 4.69) is 9.72 Å². The fourth-order valence-corrected chi connectivity index (χ4v) is 3.35. The minimum Gasteiger partial charge on any atom is -0.504 e. The molecule has 3 aromatic rings. The molecule has 35 heavy (non-hydrogen) atoms. The number of esters is 2. The highest BCUT2D eigenvalue weighted by Gasteiger charge is 2.21. The summed E-state index contributed by atoms with van der Waals surface area (Å²) in [5.41, 5.74) is 0.857. The number of hydrogen-bond donors (Lipinski definition) is 1. The van der Waals surface area contributed by atoms with Crippen LogP contribution in [0.5, 0.6) is 17.2 Å². The number of ether oxygens (including phenoxy) is 3. The Bertz CT molecular complexity index is 1130. The Balaban J connectivity index is 0.000000360. The summed E-state index contributed by atoms with van der Waals surface area (Å²) in [6.45, 7) is -0.473. The fourth-order valence-electron chi connectivity index (χ4n) is 2.83. The maximum atomic E-state index is 12.3. The molecule has 186 valence electrons. The van der Waals surface area contributed by atoms with Gasteiger partial charge in [-0.05, 0) is 35.4 Å². The normalized spacial score (nSPS) is 11.2. The lowest BCUT2D eigenvalue weighted by Gasteiger charge is -2.19. The Morgan fingerprint density at radius 2 is 1.63 bits per heavy atom. The fraction of sp³-hybridized carbons (Fsp3) is 0.208. The third-order valence-corrected chi connectivity index (χ3v) is 4.88. The zero-order valence-corrected chi connectivity index (χ0v) is 20.1. The van der Waals surface area contributed by atoms with E-state index in [0.29, 0.717) is 16.9 Å². The van der Waals surface area contributed by atoms with Crippen LogP contribution < -0.4 is 9.47 Å². The predicted molar refractivity (Wildman–Crippen MR) is 125 cm³/mol. The molecular formula is C24H21Cl2F2NO6. The summed E-state index contributed by atoms with van der Waals surface area (Å²) in [7, 11) is 0. The first-order valence-electron chi connectivity index (χ1n) is 10.0. The Morgan fingerprint density at radius 3 is 2.14 bits per heavy atom. The van der Waals surface area contributed by atoms with Gasteiger partial charge in [0.15, 0.2) is 11.5 Å². The van der Waals surface area contributed by atoms with Crippen molar-refractivity contribution in [1.82, 2.24) is 4.98 Å². The smallest absolute Gasteiger partial charge is 0.387 e. The van der Waals surface area contributed by atoms with E-state index in [9.17, 15) is 23.5 Å². The topological polar surface area (TPSA) is 95.0 Å². The second kappa shape index (κ2) is 13.5. The molecule has 0 amide bonds. The molecule has 2 aromatic carbocycles. The molecule has 0 aliphatic heterocycles. The summed E-state index contributed by atoms with van der Waals surface area (Å²) in [5, 5.41) is 10.4. The summed E-state index contributed by atoms with van der Waals surface area (Å²) < 4.78 is 38.7. The van der Waals surface area contributed by atoms with Crippen molar-refractivity contribution in [1.29, 1.82) is 0 Å². The van der Waals surface area contributed by atoms with E-state index in [1.54, 1.807) is 12.1 Å². The molecule has 0 bridgehead atoms. The van der Waals surface area contributed by atoms with E-state index in [1.807, 2.05) is 18.2 Å². The first kappa shape index (κ1) is 27.8. The summed E-state index contributed by atoms with van der Waals surface area (Å²) in [5.74, 6) is -1.16. The van der Waals surface area contributed by atoms with Crippen molar-refractivity contribution in [2.75, 3.05) is 0 Å². The molecule has 1 atom stereocenters. The molecule has 1 heterocycles. The van der Waals surface area contributed by atoms with Crippen LogP contribution in [0, 0.1) is 0 Å². The number of phenolic OH excluding ortho intramolecular Hbond substituents is 1. The first-order valence-corrected chi connectivity index (χ1v) is 10.8. The van der Waals surface area contributed by atoms with Crippen LogP contribution in [0.2, 0.25) is 10.0 Å². The second-order valence-corrected chi connectivity index (χ2v) is 7.71. The van der Waals surface area contributed by atoms with Crippen molar-refractivity contribution < 1.29 is 37.7 Å². The average molecular weight is 528 g/mol. The first-order chi connectivity index (χ1) is 16.6. The van der Waals surface area contributed by atoms with Crippen molar-refractivity contribution >= 4 is 35.1 Å². The summed E-state index contributed by atoms with van der Waals surface area (Å²) >= 11 is 12.1. The molecule has 11 heteroatoms. The molecular weight excluding hydrogens is 507 g/mol. The Morgan fingerprint density at radius 1 is 1.00 bits per heavy atom. The Labute approximate surface area is 210 Å². The van der Waals surface area contributed by atoms with Crippen LogP contribution in [0.15, 0.2) is 60.9 Å². The van der Waals surface area contributed by atoms with E-state index in [4.69, 9.17) is 32.7 Å². The molecule has 1 aromatic heterocycles. The minimum absolute atomic E-state index is 0.105. The van der Waals surface area contributed by atoms with E-state index >= 15 is 0 Å². The van der Waals surface area contributed by atoms with Crippen LogP contribution in [0.25, 0.3) is 0 Å². The van der Waals surface area contributed by atoms with Gasteiger partial charge in [-0.1, -0.05) is 47.5 Å². The van der Waals surface area contributed by atoms with Crippen molar-refractivity contribution in [2.24, 2.45) is 0 Å². The second-order valence-electron chi connectivity index (χ2n) is 6.90. The van der Waals surface area contributed by atoms with Crippen LogP contribution in [0.4, 0.5) is 8.78 Å². The van der Waals surface area contributed by atoms with E-state index < -0.39 is 24.4 Å². The quantitative estimate of drug-likeness (QED) is 0.290. The van der Waals surface area contributed by atoms with Gasteiger partial charge in [-0.15, -0.1) is 0 Å². The SMILES string of the molecule is CC(=O)OC(Cc1c(Cl)cncc1Cl)c1ccc(OC(F)F)c(O)c1.CC(=O)Oc1ccccc1. The van der Waals surface area contributed by atoms with Gasteiger partial charge in [0, 0.05) is 32.7 Å². The maximum absolute atomic E-state index is 12.3. The van der Waals surface area contributed by atoms with E-state index in [-0.39, 0.29) is 28.2 Å². The molecule has 3 rings (SSSR count). The molecule has 0 spiro atoms. The Hall–Kier alpha value is -3.43. The van der Waals surface area contributed by atoms with Gasteiger partial charge in [-0.25, -0.2) is 0 Å². The van der Waals surface area contributed by atoms with Gasteiger partial charge in [0.1, 0.15) is 11.9 Å². The third kappa shape index (κ3) is 9.38. The number of halogens is 4. The van der Waals surface area contributed by atoms with Crippen molar-refractivity contribution in [3.8, 4) is 17.2 Å². The lowest BCUT2D eigenvalue weighted by atomic mass is 10.0. The van der Waals surface area contributed by atoms with E-state index in [1.165, 1.54) is 38.4 Å². The molecule has 0 radical (unpaired) electrons. The van der Waals surface area contributed by atoms with Gasteiger partial charge in [-0.3, -0.25) is 14.6 Å². The number of carbonyl (C=O) groups excluding carboxylic acids is 2. The largest absolute Gasteiger partial charge is 0.504 e. The van der Waals surface area contributed by atoms with Crippen molar-refractivity contribution in [2.45, 2.75) is 33.0 Å². The highest BCUT2D eigenvalue weighted by molar-refractivity contribution is 6.35. The summed E-state index contributed by atoms with van der Waals surface area (Å²) in [6, 6.07) is 12.7. The van der Waals surface area contributed by atoms with E-state index in [0.717, 1.165) is 6.07 Å². The predicted octanol–water partition coefficient (Wildman–Crippen LogP) is 6.15. The molecule has 0 aliphatic rings. The number of carbonyl (C=O) groups is 2. The highest BCUT2D eigenvalue weighted by Crippen LogP contribution is 2.35. The summed E-state index contributed by atoms with van der Waals surface area (Å²) in [4.78, 5) is 25.6. The number of aromatic nitrogens is 1. The van der Waals surface area contributed by atoms with Gasteiger partial charge in [0.25, 0.3) is 0 Å². The summed E-state index contributed by atoms with van der Waals surface area (Å²) in [6.07, 6.45) is 2.05. The van der Waals surface area contributed by atoms with Crippen LogP contribution >= 0.6 is 23.2 Å². The number of para-hydroxylation sites is 1. The monoisotopic (exact) mass is 527 g/mol. The van der Waals surface area contributed by atoms with Crippen LogP contribution in [0.3, 0.4) is 0 Å². The van der Waals surface area contributed by atoms with Gasteiger partial charge in [-0.2, -0.15) is 8.78 Å². The lowest BCUT2D eigenvalue weighted by molar-refractivity contribution is -0.146. The van der Waals surface area contributed by atoms with Gasteiger partial charge in [0.2, 0.25) is 0 Å². The molecule has 1 N–H and O–H groups in total. The van der Waals surface area contributed by atoms with Crippen molar-refractivity contribution in [3.63, 3.8) is 0 Å². The molecule has 0 aliphatic carbocycles. The number of benzene rings is 2. The maximum Gasteiger partial charge on any atom is 0.387 e. The number of rotatable bonds is 7. The number of alkyl halides is 2. The lowest BCUT2D eigenvalue weighted by Crippen LogP contribution is -2.12. The number of pyridine rings is 1. The van der Waals surface area contributed by atoms with Crippen LogP contribution in [-0.2, 0) is 20.7 Å². The van der Waals surface area contributed by atoms with Gasteiger partial charge >= 0.3 is 18.6 Å². The molecule has 7 nitrogen and oxygen atoms in total. The minimum atomic E-state index is -3.07. The number of hydrogen-bond acceptors (Lipinski definition) is 7.